The Kier molecular flexibility index (Phi) is 21.5. The van der Waals surface area contributed by atoms with E-state index in [4.69, 9.17) is 18.7 Å². The van der Waals surface area contributed by atoms with Gasteiger partial charge in [0.2, 0.25) is 0 Å². The number of rotatable bonds is 3. The average molecular weight is 352 g/mol. The topological polar surface area (TPSA) is 86.0 Å². The normalized spacial score (nSPS) is 16.4. The molecule has 1 aliphatic rings. The van der Waals surface area contributed by atoms with E-state index in [0.717, 1.165) is 6.29 Å². The predicted octanol–water partition coefficient (Wildman–Crippen LogP) is 2.23. The van der Waals surface area contributed by atoms with Crippen LogP contribution in [0, 0.1) is 51.2 Å². The first-order valence-corrected chi connectivity index (χ1v) is 5.78. The molecule has 1 aliphatic carbocycles. The molecule has 0 heterocycles. The second-order valence-corrected chi connectivity index (χ2v) is 3.60. The zero-order valence-corrected chi connectivity index (χ0v) is 13.4. The molecule has 1 atom stereocenters. The third kappa shape index (κ3) is 9.35. The minimum atomic E-state index is 0. The zero-order valence-electron chi connectivity index (χ0n) is 12.2. The van der Waals surface area contributed by atoms with Crippen molar-refractivity contribution in [3.63, 3.8) is 0 Å². The van der Waals surface area contributed by atoms with Crippen LogP contribution in [0.3, 0.4) is 0 Å². The van der Waals surface area contributed by atoms with E-state index in [2.05, 4.69) is 32.1 Å². The van der Waals surface area contributed by atoms with Gasteiger partial charge >= 0.3 is 33.9 Å². The molecule has 0 amide bonds. The van der Waals surface area contributed by atoms with Crippen molar-refractivity contribution in [1.82, 2.24) is 0 Å². The van der Waals surface area contributed by atoms with Crippen LogP contribution in [0.15, 0.2) is 30.3 Å². The molecule has 0 spiro atoms. The van der Waals surface area contributed by atoms with Gasteiger partial charge in [-0.05, 0) is 24.3 Å². The van der Waals surface area contributed by atoms with Gasteiger partial charge in [-0.3, -0.25) is 0 Å². The molecular formula is C17H13MnO5. The van der Waals surface area contributed by atoms with Crippen LogP contribution in [-0.2, 0) is 40.6 Å². The summed E-state index contributed by atoms with van der Waals surface area (Å²) in [4.78, 5) is 10.8. The van der Waals surface area contributed by atoms with Gasteiger partial charge in [0.15, 0.2) is 0 Å². The third-order valence-corrected chi connectivity index (χ3v) is 2.63. The molecule has 23 heavy (non-hydrogen) atoms. The van der Waals surface area contributed by atoms with E-state index in [1.54, 1.807) is 7.11 Å². The first-order chi connectivity index (χ1) is 10.8. The molecular weight excluding hydrogens is 339 g/mol. The van der Waals surface area contributed by atoms with Gasteiger partial charge in [0.1, 0.15) is 12.4 Å². The van der Waals surface area contributed by atoms with E-state index >= 15 is 0 Å². The van der Waals surface area contributed by atoms with Crippen LogP contribution in [0.4, 0.5) is 0 Å². The predicted molar refractivity (Wildman–Crippen MR) is 73.4 cm³/mol. The summed E-state index contributed by atoms with van der Waals surface area (Å²) in [6, 6.07) is 10.1. The van der Waals surface area contributed by atoms with Crippen molar-refractivity contribution in [2.24, 2.45) is 0 Å². The molecule has 0 aliphatic heterocycles. The SMILES string of the molecule is CO[C]1[CH][C@H](c2ccccc2)[CH][CH][C]1C=O.[C-]#[O+].[C-]#[O+].[C-]#[O+].[Mn]. The monoisotopic (exact) mass is 352 g/mol. The molecule has 118 valence electrons. The van der Waals surface area contributed by atoms with Gasteiger partial charge in [-0.15, -0.1) is 0 Å². The summed E-state index contributed by atoms with van der Waals surface area (Å²) >= 11 is 0. The fourth-order valence-electron chi connectivity index (χ4n) is 1.77. The van der Waals surface area contributed by atoms with Gasteiger partial charge in [0.25, 0.3) is 0 Å². The van der Waals surface area contributed by atoms with Gasteiger partial charge in [0, 0.05) is 30.6 Å². The number of aldehydes is 1. The number of hydrogen-bond donors (Lipinski definition) is 0. The van der Waals surface area contributed by atoms with Crippen molar-refractivity contribution in [2.45, 2.75) is 5.92 Å². The van der Waals surface area contributed by atoms with Gasteiger partial charge in [-0.25, -0.2) is 0 Å². The van der Waals surface area contributed by atoms with Crippen LogP contribution in [-0.4, -0.2) is 13.4 Å². The Morgan fingerprint density at radius 3 is 2.00 bits per heavy atom. The summed E-state index contributed by atoms with van der Waals surface area (Å²) in [5, 5.41) is 0. The fraction of sp³-hybridized carbons (Fsp3) is 0.118. The second kappa shape index (κ2) is 18.6. The van der Waals surface area contributed by atoms with Gasteiger partial charge < -0.3 is 9.53 Å². The Morgan fingerprint density at radius 1 is 1.04 bits per heavy atom. The molecule has 1 fully saturated rings. The molecule has 2 rings (SSSR count). The third-order valence-electron chi connectivity index (χ3n) is 2.63. The smallest absolute Gasteiger partial charge is 0 e. The van der Waals surface area contributed by atoms with Crippen LogP contribution in [0.5, 0.6) is 0 Å². The number of carbonyl (C=O) groups is 1. The molecule has 6 heteroatoms. The molecule has 0 saturated heterocycles. The summed E-state index contributed by atoms with van der Waals surface area (Å²) in [6.07, 6.45) is 7.23. The molecule has 1 saturated carbocycles. The Bertz CT molecular complexity index is 441. The number of methoxy groups -OCH3 is 1. The van der Waals surface area contributed by atoms with E-state index in [9.17, 15) is 4.79 Å². The van der Waals surface area contributed by atoms with Crippen molar-refractivity contribution in [1.29, 1.82) is 0 Å². The van der Waals surface area contributed by atoms with Gasteiger partial charge in [-0.2, -0.15) is 0 Å². The molecule has 1 aromatic carbocycles. The summed E-state index contributed by atoms with van der Waals surface area (Å²) in [7, 11) is 1.58. The van der Waals surface area contributed by atoms with Crippen molar-refractivity contribution < 1.29 is 40.6 Å². The maximum atomic E-state index is 10.8. The molecule has 0 unspecified atom stereocenters. The number of carbonyl (C=O) groups excluding carboxylic acids is 1. The second-order valence-electron chi connectivity index (χ2n) is 3.60. The maximum absolute atomic E-state index is 10.8. The van der Waals surface area contributed by atoms with Crippen molar-refractivity contribution in [3.8, 4) is 0 Å². The zero-order chi connectivity index (χ0) is 17.4. The first kappa shape index (κ1) is 26.5. The Morgan fingerprint density at radius 2 is 1.57 bits per heavy atom. The molecule has 0 N–H and O–H groups in total. The van der Waals surface area contributed by atoms with Crippen LogP contribution in [0.1, 0.15) is 11.5 Å². The molecule has 1 aromatic rings. The number of ether oxygens (including phenoxy) is 1. The summed E-state index contributed by atoms with van der Waals surface area (Å²) in [6.45, 7) is 13.5. The van der Waals surface area contributed by atoms with Crippen molar-refractivity contribution in [2.75, 3.05) is 7.11 Å². The largest absolute Gasteiger partial charge is 0 e. The number of hydrogen-bond acceptors (Lipinski definition) is 2. The maximum Gasteiger partial charge on any atom is 0 e. The molecule has 0 aromatic heterocycles. The molecule has 0 bridgehead atoms. The number of benzene rings is 1. The standard InChI is InChI=1S/C14H13O2.3CO.Mn/c1-16-14-9-12(7-8-13(14)10-15)11-5-3-2-4-6-11;3*1-2;/h2-10,12H,1H3;;;;/t12-;;;;/m1..../s1. The van der Waals surface area contributed by atoms with Gasteiger partial charge in [0.05, 0.1) is 5.92 Å². The minimum Gasteiger partial charge on any atom is 0 e. The summed E-state index contributed by atoms with van der Waals surface area (Å²) in [5.41, 5.74) is 1.19. The van der Waals surface area contributed by atoms with Crippen LogP contribution < -0.4 is 0 Å². The first-order valence-electron chi connectivity index (χ1n) is 5.78. The van der Waals surface area contributed by atoms with Crippen molar-refractivity contribution >= 4 is 6.29 Å². The summed E-state index contributed by atoms with van der Waals surface area (Å²) < 4.78 is 27.7. The van der Waals surface area contributed by atoms with Crippen LogP contribution in [0.2, 0.25) is 0 Å². The fourth-order valence-corrected chi connectivity index (χ4v) is 1.77. The van der Waals surface area contributed by atoms with Gasteiger partial charge in [-0.1, -0.05) is 30.3 Å². The summed E-state index contributed by atoms with van der Waals surface area (Å²) in [5.74, 6) is 0.773. The minimum absolute atomic E-state index is 0. The van der Waals surface area contributed by atoms with E-state index in [1.807, 2.05) is 37.5 Å². The quantitative estimate of drug-likeness (QED) is 0.362. The average Bonchev–Trinajstić information content (AvgIpc) is 2.66. The van der Waals surface area contributed by atoms with Crippen LogP contribution in [0.25, 0.3) is 0 Å². The van der Waals surface area contributed by atoms with E-state index in [1.165, 1.54) is 5.56 Å². The molecule has 6 radical (unpaired) electrons. The Hall–Kier alpha value is -1.41. The van der Waals surface area contributed by atoms with E-state index in [-0.39, 0.29) is 23.0 Å². The van der Waals surface area contributed by atoms with Crippen LogP contribution >= 0.6 is 0 Å². The van der Waals surface area contributed by atoms with Crippen molar-refractivity contribution in [3.05, 3.63) is 87.1 Å². The Balaban J connectivity index is -0.000000514. The molecule has 5 nitrogen and oxygen atoms in total. The van der Waals surface area contributed by atoms with E-state index in [0.29, 0.717) is 12.0 Å². The Labute approximate surface area is 147 Å². The van der Waals surface area contributed by atoms with E-state index < -0.39 is 0 Å².